The van der Waals surface area contributed by atoms with Gasteiger partial charge in [0, 0.05) is 51.0 Å². The fourth-order valence-electron chi connectivity index (χ4n) is 3.50. The van der Waals surface area contributed by atoms with Gasteiger partial charge in [-0.1, -0.05) is 23.7 Å². The molecule has 2 aromatic rings. The molecule has 8 heteroatoms. The van der Waals surface area contributed by atoms with Crippen LogP contribution >= 0.6 is 11.6 Å². The standard InChI is InChI=1S/C22H29ClN6O/c1-3-25-22(27-12-9-16-6-4-7-17(14-16)21(30)24-2)28-18-10-13-29(15-18)20-19(23)8-5-11-26-20/h4-8,11,14,18H,3,9-10,12-13,15H2,1-2H3,(H,24,30)(H2,25,27,28). The van der Waals surface area contributed by atoms with Crippen molar-refractivity contribution in [1.29, 1.82) is 0 Å². The van der Waals surface area contributed by atoms with E-state index in [1.165, 1.54) is 0 Å². The van der Waals surface area contributed by atoms with Crippen LogP contribution in [0.15, 0.2) is 47.6 Å². The third-order valence-electron chi connectivity index (χ3n) is 5.00. The van der Waals surface area contributed by atoms with E-state index >= 15 is 0 Å². The first kappa shape index (κ1) is 21.9. The Morgan fingerprint density at radius 2 is 2.20 bits per heavy atom. The van der Waals surface area contributed by atoms with Crippen molar-refractivity contribution in [3.63, 3.8) is 0 Å². The molecular weight excluding hydrogens is 400 g/mol. The van der Waals surface area contributed by atoms with Gasteiger partial charge >= 0.3 is 0 Å². The molecule has 0 radical (unpaired) electrons. The van der Waals surface area contributed by atoms with Crippen LogP contribution in [0.25, 0.3) is 0 Å². The van der Waals surface area contributed by atoms with Crippen molar-refractivity contribution in [3.8, 4) is 0 Å². The molecule has 1 aliphatic rings. The van der Waals surface area contributed by atoms with Crippen LogP contribution in [0.1, 0.15) is 29.3 Å². The number of nitrogens with zero attached hydrogens (tertiary/aromatic N) is 3. The molecule has 30 heavy (non-hydrogen) atoms. The van der Waals surface area contributed by atoms with Gasteiger partial charge in [-0.15, -0.1) is 0 Å². The lowest BCUT2D eigenvalue weighted by molar-refractivity contribution is 0.0963. The van der Waals surface area contributed by atoms with Crippen LogP contribution in [0, 0.1) is 0 Å². The van der Waals surface area contributed by atoms with Crippen LogP contribution in [0.5, 0.6) is 0 Å². The Hall–Kier alpha value is -2.80. The molecular formula is C22H29ClN6O. The molecule has 1 unspecified atom stereocenters. The summed E-state index contributed by atoms with van der Waals surface area (Å²) >= 11 is 6.29. The van der Waals surface area contributed by atoms with Gasteiger partial charge in [0.05, 0.1) is 5.02 Å². The molecule has 1 atom stereocenters. The zero-order chi connectivity index (χ0) is 21.3. The number of nitrogens with one attached hydrogen (secondary N) is 3. The van der Waals surface area contributed by atoms with E-state index in [0.29, 0.717) is 17.1 Å². The Morgan fingerprint density at radius 1 is 1.33 bits per heavy atom. The average molecular weight is 429 g/mol. The largest absolute Gasteiger partial charge is 0.357 e. The van der Waals surface area contributed by atoms with Crippen molar-refractivity contribution in [2.24, 2.45) is 4.99 Å². The Bertz CT molecular complexity index is 887. The maximum atomic E-state index is 11.8. The number of carbonyl (C=O) groups is 1. The fourth-order valence-corrected chi connectivity index (χ4v) is 3.74. The van der Waals surface area contributed by atoms with Gasteiger partial charge in [-0.25, -0.2) is 4.98 Å². The minimum Gasteiger partial charge on any atom is -0.357 e. The number of hydrogen-bond acceptors (Lipinski definition) is 4. The van der Waals surface area contributed by atoms with Crippen LogP contribution in [0.2, 0.25) is 5.02 Å². The van der Waals surface area contributed by atoms with Crippen molar-refractivity contribution in [3.05, 3.63) is 58.7 Å². The van der Waals surface area contributed by atoms with Crippen molar-refractivity contribution in [2.75, 3.05) is 38.1 Å². The van der Waals surface area contributed by atoms with E-state index in [0.717, 1.165) is 49.8 Å². The van der Waals surface area contributed by atoms with Crippen LogP contribution in [0.4, 0.5) is 5.82 Å². The summed E-state index contributed by atoms with van der Waals surface area (Å²) in [5.41, 5.74) is 1.76. The lowest BCUT2D eigenvalue weighted by atomic mass is 10.1. The highest BCUT2D eigenvalue weighted by molar-refractivity contribution is 6.32. The predicted molar refractivity (Wildman–Crippen MR) is 123 cm³/mol. The van der Waals surface area contributed by atoms with Gasteiger partial charge in [0.1, 0.15) is 5.82 Å². The quantitative estimate of drug-likeness (QED) is 0.466. The number of halogens is 1. The molecule has 3 N–H and O–H groups in total. The van der Waals surface area contributed by atoms with Crippen LogP contribution in [-0.2, 0) is 6.42 Å². The molecule has 160 valence electrons. The van der Waals surface area contributed by atoms with E-state index in [9.17, 15) is 4.79 Å². The summed E-state index contributed by atoms with van der Waals surface area (Å²) in [4.78, 5) is 23.1. The maximum Gasteiger partial charge on any atom is 0.251 e. The number of aromatic nitrogens is 1. The van der Waals surface area contributed by atoms with Gasteiger partial charge in [0.25, 0.3) is 5.91 Å². The second kappa shape index (κ2) is 10.8. The van der Waals surface area contributed by atoms with E-state index < -0.39 is 0 Å². The van der Waals surface area contributed by atoms with Gasteiger partial charge < -0.3 is 20.9 Å². The Kier molecular flexibility index (Phi) is 7.90. The molecule has 0 bridgehead atoms. The lowest BCUT2D eigenvalue weighted by Crippen LogP contribution is -2.44. The zero-order valence-corrected chi connectivity index (χ0v) is 18.2. The molecule has 1 fully saturated rings. The maximum absolute atomic E-state index is 11.8. The smallest absolute Gasteiger partial charge is 0.251 e. The normalized spacial score (nSPS) is 16.4. The number of amides is 1. The van der Waals surface area contributed by atoms with E-state index in [1.807, 2.05) is 36.4 Å². The van der Waals surface area contributed by atoms with Crippen LogP contribution in [0.3, 0.4) is 0 Å². The number of pyridine rings is 1. The molecule has 0 aliphatic carbocycles. The molecule has 7 nitrogen and oxygen atoms in total. The van der Waals surface area contributed by atoms with Crippen molar-refractivity contribution in [2.45, 2.75) is 25.8 Å². The topological polar surface area (TPSA) is 81.6 Å². The number of anilines is 1. The number of rotatable bonds is 7. The van der Waals surface area contributed by atoms with E-state index in [2.05, 4.69) is 32.8 Å². The predicted octanol–water partition coefficient (Wildman–Crippen LogP) is 2.47. The van der Waals surface area contributed by atoms with Crippen molar-refractivity contribution < 1.29 is 4.79 Å². The first-order valence-corrected chi connectivity index (χ1v) is 10.7. The number of benzene rings is 1. The summed E-state index contributed by atoms with van der Waals surface area (Å²) in [5, 5.41) is 10.2. The second-order valence-corrected chi connectivity index (χ2v) is 7.58. The van der Waals surface area contributed by atoms with E-state index in [4.69, 9.17) is 16.6 Å². The molecule has 1 aromatic carbocycles. The minimum atomic E-state index is -0.0749. The lowest BCUT2D eigenvalue weighted by Gasteiger charge is -2.20. The third kappa shape index (κ3) is 5.86. The Labute approximate surface area is 182 Å². The second-order valence-electron chi connectivity index (χ2n) is 7.17. The third-order valence-corrected chi connectivity index (χ3v) is 5.29. The molecule has 0 saturated carbocycles. The van der Waals surface area contributed by atoms with Gasteiger partial charge in [-0.2, -0.15) is 0 Å². The van der Waals surface area contributed by atoms with E-state index in [1.54, 1.807) is 13.2 Å². The first-order valence-electron chi connectivity index (χ1n) is 10.3. The number of carbonyl (C=O) groups excluding carboxylic acids is 1. The SMILES string of the molecule is CCNC(=NCCc1cccc(C(=O)NC)c1)NC1CCN(c2ncccc2Cl)C1. The average Bonchev–Trinajstić information content (AvgIpc) is 3.22. The highest BCUT2D eigenvalue weighted by atomic mass is 35.5. The van der Waals surface area contributed by atoms with E-state index in [-0.39, 0.29) is 11.9 Å². The van der Waals surface area contributed by atoms with Gasteiger partial charge in [-0.3, -0.25) is 9.79 Å². The molecule has 1 aliphatic heterocycles. The monoisotopic (exact) mass is 428 g/mol. The molecule has 0 spiro atoms. The summed E-state index contributed by atoms with van der Waals surface area (Å²) in [6, 6.07) is 11.7. The van der Waals surface area contributed by atoms with Crippen LogP contribution in [-0.4, -0.2) is 56.1 Å². The van der Waals surface area contributed by atoms with Crippen molar-refractivity contribution in [1.82, 2.24) is 20.9 Å². The number of aliphatic imine (C=N–C) groups is 1. The Morgan fingerprint density at radius 3 is 2.97 bits per heavy atom. The molecule has 1 aromatic heterocycles. The summed E-state index contributed by atoms with van der Waals surface area (Å²) < 4.78 is 0. The summed E-state index contributed by atoms with van der Waals surface area (Å²) in [6.45, 7) is 5.21. The summed E-state index contributed by atoms with van der Waals surface area (Å²) in [6.07, 6.45) is 3.53. The number of hydrogen-bond donors (Lipinski definition) is 3. The highest BCUT2D eigenvalue weighted by Gasteiger charge is 2.25. The summed E-state index contributed by atoms with van der Waals surface area (Å²) in [5.74, 6) is 1.56. The molecule has 1 saturated heterocycles. The van der Waals surface area contributed by atoms with Gasteiger partial charge in [0.15, 0.2) is 5.96 Å². The summed E-state index contributed by atoms with van der Waals surface area (Å²) in [7, 11) is 1.64. The molecule has 2 heterocycles. The first-order chi connectivity index (χ1) is 14.6. The minimum absolute atomic E-state index is 0.0749. The number of guanidine groups is 1. The highest BCUT2D eigenvalue weighted by Crippen LogP contribution is 2.25. The van der Waals surface area contributed by atoms with Gasteiger partial charge in [-0.05, 0) is 49.6 Å². The molecule has 3 rings (SSSR count). The zero-order valence-electron chi connectivity index (χ0n) is 17.5. The van der Waals surface area contributed by atoms with Gasteiger partial charge in [0.2, 0.25) is 0 Å². The fraction of sp³-hybridized carbons (Fsp3) is 0.409. The van der Waals surface area contributed by atoms with Crippen LogP contribution < -0.4 is 20.9 Å². The molecule has 1 amide bonds. The van der Waals surface area contributed by atoms with Crippen molar-refractivity contribution >= 4 is 29.3 Å². The Balaban J connectivity index is 1.56.